The third kappa shape index (κ3) is 3.72. The molecule has 1 saturated heterocycles. The monoisotopic (exact) mass is 266 g/mol. The third-order valence-electron chi connectivity index (χ3n) is 5.42. The molecule has 2 aliphatic rings. The Morgan fingerprint density at radius 1 is 1.11 bits per heavy atom. The molecule has 0 aromatic rings. The molecule has 112 valence electrons. The molecule has 1 saturated carbocycles. The van der Waals surface area contributed by atoms with Crippen molar-refractivity contribution in [1.29, 1.82) is 0 Å². The van der Waals surface area contributed by atoms with Gasteiger partial charge in [0.2, 0.25) is 0 Å². The van der Waals surface area contributed by atoms with Crippen molar-refractivity contribution in [3.8, 4) is 0 Å². The number of likely N-dealkylation sites (tertiary alicyclic amines) is 1. The highest BCUT2D eigenvalue weighted by Gasteiger charge is 2.38. The van der Waals surface area contributed by atoms with Crippen LogP contribution in [0.4, 0.5) is 0 Å². The minimum Gasteiger partial charge on any atom is -0.312 e. The van der Waals surface area contributed by atoms with Crippen LogP contribution in [0.25, 0.3) is 0 Å². The fourth-order valence-electron chi connectivity index (χ4n) is 4.33. The van der Waals surface area contributed by atoms with Gasteiger partial charge in [-0.05, 0) is 57.4 Å². The molecule has 2 nitrogen and oxygen atoms in total. The van der Waals surface area contributed by atoms with E-state index in [0.717, 1.165) is 30.0 Å². The first-order chi connectivity index (χ1) is 9.15. The van der Waals surface area contributed by atoms with Crippen LogP contribution in [0.1, 0.15) is 66.2 Å². The highest BCUT2D eigenvalue weighted by Crippen LogP contribution is 2.35. The molecule has 19 heavy (non-hydrogen) atoms. The molecule has 0 aromatic carbocycles. The Labute approximate surface area is 120 Å². The molecule has 5 atom stereocenters. The van der Waals surface area contributed by atoms with Crippen molar-refractivity contribution >= 4 is 0 Å². The first-order valence-electron chi connectivity index (χ1n) is 8.64. The minimum atomic E-state index is 0.746. The van der Waals surface area contributed by atoms with Gasteiger partial charge in [0.15, 0.2) is 0 Å². The zero-order valence-electron chi connectivity index (χ0n) is 13.5. The van der Waals surface area contributed by atoms with Gasteiger partial charge in [-0.15, -0.1) is 0 Å². The zero-order chi connectivity index (χ0) is 13.8. The van der Waals surface area contributed by atoms with Crippen LogP contribution in [0.2, 0.25) is 0 Å². The molecule has 5 unspecified atom stereocenters. The fraction of sp³-hybridized carbons (Fsp3) is 1.00. The van der Waals surface area contributed by atoms with E-state index in [9.17, 15) is 0 Å². The van der Waals surface area contributed by atoms with E-state index in [4.69, 9.17) is 0 Å². The van der Waals surface area contributed by atoms with Gasteiger partial charge in [-0.2, -0.15) is 0 Å². The van der Waals surface area contributed by atoms with Gasteiger partial charge >= 0.3 is 0 Å². The summed E-state index contributed by atoms with van der Waals surface area (Å²) in [5, 5.41) is 3.84. The van der Waals surface area contributed by atoms with Gasteiger partial charge in [0.05, 0.1) is 0 Å². The molecule has 1 aliphatic carbocycles. The second kappa shape index (κ2) is 7.08. The van der Waals surface area contributed by atoms with Crippen LogP contribution in [-0.4, -0.2) is 36.1 Å². The molecule has 0 spiro atoms. The molecular formula is C17H34N2. The van der Waals surface area contributed by atoms with E-state index in [-0.39, 0.29) is 0 Å². The lowest BCUT2D eigenvalue weighted by Gasteiger charge is -2.43. The van der Waals surface area contributed by atoms with Crippen molar-refractivity contribution < 1.29 is 0 Å². The van der Waals surface area contributed by atoms with Gasteiger partial charge < -0.3 is 5.32 Å². The summed E-state index contributed by atoms with van der Waals surface area (Å²) < 4.78 is 0. The van der Waals surface area contributed by atoms with E-state index < -0.39 is 0 Å². The standard InChI is InChI=1S/C17H34N2/c1-5-9-18-16-8-7-15(6-2)11-17(16)19-12-13(3)10-14(19)4/h13-18H,5-12H2,1-4H3. The van der Waals surface area contributed by atoms with E-state index >= 15 is 0 Å². The van der Waals surface area contributed by atoms with Crippen LogP contribution in [0.5, 0.6) is 0 Å². The number of rotatable bonds is 5. The molecule has 0 amide bonds. The number of hydrogen-bond donors (Lipinski definition) is 1. The molecule has 1 aliphatic heterocycles. The topological polar surface area (TPSA) is 15.3 Å². The number of hydrogen-bond acceptors (Lipinski definition) is 2. The molecule has 0 radical (unpaired) electrons. The number of nitrogens with one attached hydrogen (secondary N) is 1. The number of nitrogens with zero attached hydrogens (tertiary/aromatic N) is 1. The third-order valence-corrected chi connectivity index (χ3v) is 5.42. The summed E-state index contributed by atoms with van der Waals surface area (Å²) in [6.07, 6.45) is 8.27. The lowest BCUT2D eigenvalue weighted by atomic mass is 9.80. The van der Waals surface area contributed by atoms with Gasteiger partial charge in [-0.3, -0.25) is 4.90 Å². The predicted molar refractivity (Wildman–Crippen MR) is 83.5 cm³/mol. The first kappa shape index (κ1) is 15.3. The summed E-state index contributed by atoms with van der Waals surface area (Å²) in [7, 11) is 0. The quantitative estimate of drug-likeness (QED) is 0.817. The highest BCUT2D eigenvalue weighted by atomic mass is 15.2. The summed E-state index contributed by atoms with van der Waals surface area (Å²) in [5.74, 6) is 1.86. The van der Waals surface area contributed by atoms with Gasteiger partial charge in [0.25, 0.3) is 0 Å². The molecule has 1 N–H and O–H groups in total. The Hall–Kier alpha value is -0.0800. The summed E-state index contributed by atoms with van der Waals surface area (Å²) >= 11 is 0. The summed E-state index contributed by atoms with van der Waals surface area (Å²) in [6.45, 7) is 12.0. The largest absolute Gasteiger partial charge is 0.312 e. The Balaban J connectivity index is 2.01. The molecule has 0 bridgehead atoms. The summed E-state index contributed by atoms with van der Waals surface area (Å²) in [6, 6.07) is 2.34. The van der Waals surface area contributed by atoms with Gasteiger partial charge in [-0.25, -0.2) is 0 Å². The molecule has 2 heteroatoms. The van der Waals surface area contributed by atoms with E-state index in [1.54, 1.807) is 0 Å². The summed E-state index contributed by atoms with van der Waals surface area (Å²) in [4.78, 5) is 2.83. The predicted octanol–water partition coefficient (Wildman–Crippen LogP) is 3.66. The van der Waals surface area contributed by atoms with Crippen LogP contribution >= 0.6 is 0 Å². The minimum absolute atomic E-state index is 0.746. The Bertz CT molecular complexity index is 266. The smallest absolute Gasteiger partial charge is 0.0254 e. The normalized spacial score (nSPS) is 40.7. The van der Waals surface area contributed by atoms with Gasteiger partial charge in [-0.1, -0.05) is 27.2 Å². The maximum Gasteiger partial charge on any atom is 0.0254 e. The van der Waals surface area contributed by atoms with Crippen LogP contribution in [0, 0.1) is 11.8 Å². The van der Waals surface area contributed by atoms with E-state index in [0.29, 0.717) is 0 Å². The molecule has 2 fully saturated rings. The highest BCUT2D eigenvalue weighted by molar-refractivity contribution is 4.95. The van der Waals surface area contributed by atoms with Crippen molar-refractivity contribution in [1.82, 2.24) is 10.2 Å². The lowest BCUT2D eigenvalue weighted by Crippen LogP contribution is -2.54. The van der Waals surface area contributed by atoms with Crippen molar-refractivity contribution in [3.05, 3.63) is 0 Å². The molecular weight excluding hydrogens is 232 g/mol. The Kier molecular flexibility index (Phi) is 5.70. The van der Waals surface area contributed by atoms with Crippen LogP contribution in [-0.2, 0) is 0 Å². The average Bonchev–Trinajstić information content (AvgIpc) is 2.75. The maximum absolute atomic E-state index is 3.84. The molecule has 1 heterocycles. The second-order valence-corrected chi connectivity index (χ2v) is 7.10. The lowest BCUT2D eigenvalue weighted by molar-refractivity contribution is 0.0886. The maximum atomic E-state index is 3.84. The Morgan fingerprint density at radius 2 is 1.89 bits per heavy atom. The van der Waals surface area contributed by atoms with Gasteiger partial charge in [0, 0.05) is 24.7 Å². The summed E-state index contributed by atoms with van der Waals surface area (Å²) in [5.41, 5.74) is 0. The molecule has 2 rings (SSSR count). The fourth-order valence-corrected chi connectivity index (χ4v) is 4.33. The first-order valence-corrected chi connectivity index (χ1v) is 8.64. The van der Waals surface area contributed by atoms with E-state index in [1.165, 1.54) is 51.6 Å². The molecule has 0 aromatic heterocycles. The van der Waals surface area contributed by atoms with Crippen LogP contribution in [0.15, 0.2) is 0 Å². The average molecular weight is 266 g/mol. The van der Waals surface area contributed by atoms with E-state index in [2.05, 4.69) is 37.9 Å². The van der Waals surface area contributed by atoms with Crippen LogP contribution < -0.4 is 5.32 Å². The van der Waals surface area contributed by atoms with Crippen molar-refractivity contribution in [3.63, 3.8) is 0 Å². The second-order valence-electron chi connectivity index (χ2n) is 7.10. The van der Waals surface area contributed by atoms with Gasteiger partial charge in [0.1, 0.15) is 0 Å². The van der Waals surface area contributed by atoms with Crippen molar-refractivity contribution in [2.45, 2.75) is 84.3 Å². The zero-order valence-corrected chi connectivity index (χ0v) is 13.5. The van der Waals surface area contributed by atoms with Crippen molar-refractivity contribution in [2.24, 2.45) is 11.8 Å². The van der Waals surface area contributed by atoms with Crippen molar-refractivity contribution in [2.75, 3.05) is 13.1 Å². The SMILES string of the molecule is CCCNC1CCC(CC)CC1N1CC(C)CC1C. The van der Waals surface area contributed by atoms with E-state index in [1.807, 2.05) is 0 Å². The van der Waals surface area contributed by atoms with Crippen LogP contribution in [0.3, 0.4) is 0 Å². The Morgan fingerprint density at radius 3 is 2.47 bits per heavy atom.